The van der Waals surface area contributed by atoms with Gasteiger partial charge in [-0.15, -0.1) is 0 Å². The second-order valence-electron chi connectivity index (χ2n) is 4.83. The van der Waals surface area contributed by atoms with Gasteiger partial charge in [-0.05, 0) is 36.5 Å². The molecular weight excluding hydrogens is 252 g/mol. The summed E-state index contributed by atoms with van der Waals surface area (Å²) in [5, 5.41) is 3.83. The summed E-state index contributed by atoms with van der Waals surface area (Å²) in [6.45, 7) is 0. The third kappa shape index (κ3) is 2.63. The lowest BCUT2D eigenvalue weighted by molar-refractivity contribution is 0.373. The molecule has 1 aliphatic rings. The molecule has 1 heterocycles. The molecule has 1 aromatic heterocycles. The van der Waals surface area contributed by atoms with Crippen LogP contribution in [0.5, 0.6) is 0 Å². The van der Waals surface area contributed by atoms with E-state index in [4.69, 9.17) is 10.3 Å². The highest BCUT2D eigenvalue weighted by atomic mass is 19.2. The van der Waals surface area contributed by atoms with Crippen molar-refractivity contribution in [3.8, 4) is 0 Å². The molecule has 1 atom stereocenters. The van der Waals surface area contributed by atoms with Gasteiger partial charge in [0.05, 0.1) is 12.5 Å². The summed E-state index contributed by atoms with van der Waals surface area (Å²) in [5.74, 6) is -0.469. The standard InChI is InChI=1S/C13H13F2N3O/c14-9-4-1-7(5-10(9)15)6-11-17-13(18-19-11)12(16)8-2-3-8/h1,4-5,8,12H,2-3,6,16H2. The normalized spacial score (nSPS) is 16.6. The zero-order valence-corrected chi connectivity index (χ0v) is 10.1. The van der Waals surface area contributed by atoms with Crippen molar-refractivity contribution >= 4 is 0 Å². The van der Waals surface area contributed by atoms with Crippen LogP contribution < -0.4 is 5.73 Å². The van der Waals surface area contributed by atoms with E-state index in [1.54, 1.807) is 0 Å². The number of halogens is 2. The Morgan fingerprint density at radius 3 is 2.79 bits per heavy atom. The Morgan fingerprint density at radius 1 is 1.32 bits per heavy atom. The van der Waals surface area contributed by atoms with E-state index in [9.17, 15) is 8.78 Å². The molecule has 0 saturated heterocycles. The number of hydrogen-bond acceptors (Lipinski definition) is 4. The minimum absolute atomic E-state index is 0.192. The fourth-order valence-electron chi connectivity index (χ4n) is 1.97. The zero-order chi connectivity index (χ0) is 13.4. The molecule has 100 valence electrons. The molecule has 0 radical (unpaired) electrons. The van der Waals surface area contributed by atoms with Crippen molar-refractivity contribution in [1.29, 1.82) is 0 Å². The molecule has 4 nitrogen and oxygen atoms in total. The van der Waals surface area contributed by atoms with E-state index in [-0.39, 0.29) is 12.5 Å². The SMILES string of the molecule is NC(c1noc(Cc2ccc(F)c(F)c2)n1)C1CC1. The molecule has 2 aromatic rings. The average Bonchev–Trinajstić information content (AvgIpc) is 3.14. The van der Waals surface area contributed by atoms with Crippen LogP contribution in [0.4, 0.5) is 8.78 Å². The lowest BCUT2D eigenvalue weighted by Gasteiger charge is -2.02. The van der Waals surface area contributed by atoms with Gasteiger partial charge in [-0.25, -0.2) is 8.78 Å². The molecule has 2 N–H and O–H groups in total. The van der Waals surface area contributed by atoms with Crippen LogP contribution in [0, 0.1) is 17.6 Å². The van der Waals surface area contributed by atoms with Gasteiger partial charge in [0.15, 0.2) is 17.5 Å². The largest absolute Gasteiger partial charge is 0.339 e. The predicted molar refractivity (Wildman–Crippen MR) is 63.1 cm³/mol. The lowest BCUT2D eigenvalue weighted by atomic mass is 10.1. The number of hydrogen-bond donors (Lipinski definition) is 1. The first-order valence-electron chi connectivity index (χ1n) is 6.15. The topological polar surface area (TPSA) is 64.9 Å². The molecule has 0 amide bonds. The second-order valence-corrected chi connectivity index (χ2v) is 4.83. The van der Waals surface area contributed by atoms with E-state index in [0.717, 1.165) is 25.0 Å². The van der Waals surface area contributed by atoms with E-state index in [0.29, 0.717) is 23.2 Å². The third-order valence-electron chi connectivity index (χ3n) is 3.25. The summed E-state index contributed by atoms with van der Waals surface area (Å²) in [6, 6.07) is 3.50. The Hall–Kier alpha value is -1.82. The van der Waals surface area contributed by atoms with Crippen molar-refractivity contribution < 1.29 is 13.3 Å². The van der Waals surface area contributed by atoms with Gasteiger partial charge in [0.1, 0.15) is 0 Å². The van der Waals surface area contributed by atoms with Gasteiger partial charge in [-0.3, -0.25) is 0 Å². The maximum atomic E-state index is 13.1. The van der Waals surface area contributed by atoms with Crippen molar-refractivity contribution in [3.05, 3.63) is 47.1 Å². The zero-order valence-electron chi connectivity index (χ0n) is 10.1. The summed E-state index contributed by atoms with van der Waals surface area (Å²) >= 11 is 0. The highest BCUT2D eigenvalue weighted by Gasteiger charge is 2.32. The monoisotopic (exact) mass is 265 g/mol. The van der Waals surface area contributed by atoms with Crippen molar-refractivity contribution in [3.63, 3.8) is 0 Å². The number of nitrogens with zero attached hydrogens (tertiary/aromatic N) is 2. The first kappa shape index (κ1) is 12.2. The van der Waals surface area contributed by atoms with Gasteiger partial charge in [0.2, 0.25) is 5.89 Å². The van der Waals surface area contributed by atoms with Crippen molar-refractivity contribution in [2.75, 3.05) is 0 Å². The quantitative estimate of drug-likeness (QED) is 0.921. The van der Waals surface area contributed by atoms with Gasteiger partial charge in [0, 0.05) is 0 Å². The Labute approximate surface area is 108 Å². The van der Waals surface area contributed by atoms with E-state index in [1.165, 1.54) is 6.07 Å². The van der Waals surface area contributed by atoms with Crippen LogP contribution in [0.1, 0.15) is 36.2 Å². The molecule has 19 heavy (non-hydrogen) atoms. The van der Waals surface area contributed by atoms with Gasteiger partial charge in [-0.2, -0.15) is 4.98 Å². The maximum absolute atomic E-state index is 13.1. The van der Waals surface area contributed by atoms with Crippen LogP contribution in [0.15, 0.2) is 22.7 Å². The molecule has 1 aliphatic carbocycles. The van der Waals surface area contributed by atoms with Crippen LogP contribution in [0.2, 0.25) is 0 Å². The van der Waals surface area contributed by atoms with Crippen LogP contribution in [-0.4, -0.2) is 10.1 Å². The van der Waals surface area contributed by atoms with E-state index < -0.39 is 11.6 Å². The minimum atomic E-state index is -0.882. The van der Waals surface area contributed by atoms with Gasteiger partial charge >= 0.3 is 0 Å². The number of benzene rings is 1. The van der Waals surface area contributed by atoms with E-state index in [2.05, 4.69) is 10.1 Å². The maximum Gasteiger partial charge on any atom is 0.231 e. The van der Waals surface area contributed by atoms with Gasteiger partial charge < -0.3 is 10.3 Å². The summed E-state index contributed by atoms with van der Waals surface area (Å²) in [7, 11) is 0. The highest BCUT2D eigenvalue weighted by Crippen LogP contribution is 2.38. The summed E-state index contributed by atoms with van der Waals surface area (Å²) in [5.41, 5.74) is 6.53. The first-order valence-corrected chi connectivity index (χ1v) is 6.15. The van der Waals surface area contributed by atoms with Crippen molar-refractivity contribution in [1.82, 2.24) is 10.1 Å². The fourth-order valence-corrected chi connectivity index (χ4v) is 1.97. The van der Waals surface area contributed by atoms with Crippen LogP contribution in [0.25, 0.3) is 0 Å². The number of aromatic nitrogens is 2. The molecule has 1 fully saturated rings. The Bertz CT molecular complexity index is 595. The van der Waals surface area contributed by atoms with Crippen LogP contribution in [-0.2, 0) is 6.42 Å². The smallest absolute Gasteiger partial charge is 0.231 e. The summed E-state index contributed by atoms with van der Waals surface area (Å²) in [4.78, 5) is 4.20. The Balaban J connectivity index is 1.74. The second kappa shape index (κ2) is 4.70. The van der Waals surface area contributed by atoms with Gasteiger partial charge in [-0.1, -0.05) is 11.2 Å². The van der Waals surface area contributed by atoms with E-state index >= 15 is 0 Å². The molecule has 0 spiro atoms. The molecule has 3 rings (SSSR count). The summed E-state index contributed by atoms with van der Waals surface area (Å²) < 4.78 is 30.9. The average molecular weight is 265 g/mol. The molecule has 6 heteroatoms. The summed E-state index contributed by atoms with van der Waals surface area (Å²) in [6.07, 6.45) is 2.45. The molecule has 0 aliphatic heterocycles. The first-order chi connectivity index (χ1) is 9.13. The van der Waals surface area contributed by atoms with Crippen LogP contribution >= 0.6 is 0 Å². The third-order valence-corrected chi connectivity index (χ3v) is 3.25. The Morgan fingerprint density at radius 2 is 2.11 bits per heavy atom. The van der Waals surface area contributed by atoms with Crippen molar-refractivity contribution in [2.45, 2.75) is 25.3 Å². The van der Waals surface area contributed by atoms with Crippen molar-refractivity contribution in [2.24, 2.45) is 11.7 Å². The molecule has 1 saturated carbocycles. The fraction of sp³-hybridized carbons (Fsp3) is 0.385. The molecule has 1 unspecified atom stereocenters. The molecule has 1 aromatic carbocycles. The molecular formula is C13H13F2N3O. The molecule has 0 bridgehead atoms. The number of rotatable bonds is 4. The van der Waals surface area contributed by atoms with Gasteiger partial charge in [0.25, 0.3) is 0 Å². The van der Waals surface area contributed by atoms with Crippen LogP contribution in [0.3, 0.4) is 0 Å². The number of nitrogens with two attached hydrogens (primary N) is 1. The predicted octanol–water partition coefficient (Wildman–Crippen LogP) is 2.35. The lowest BCUT2D eigenvalue weighted by Crippen LogP contribution is -2.14. The van der Waals surface area contributed by atoms with E-state index in [1.807, 2.05) is 0 Å². The minimum Gasteiger partial charge on any atom is -0.339 e. The highest BCUT2D eigenvalue weighted by molar-refractivity contribution is 5.20. The Kier molecular flexibility index (Phi) is 3.02.